The molecule has 2 bridgehead atoms. The number of ether oxygens (including phenoxy) is 1. The SMILES string of the molecule is Cc1cc(C)cc(N2C(=O)N[C@@H]3C[C@]2(C)Oc2ccc(Cl)cc23)c1. The molecule has 1 fully saturated rings. The van der Waals surface area contributed by atoms with Crippen LogP contribution in [0.3, 0.4) is 0 Å². The summed E-state index contributed by atoms with van der Waals surface area (Å²) in [6.07, 6.45) is 0.666. The second kappa shape index (κ2) is 5.15. The summed E-state index contributed by atoms with van der Waals surface area (Å²) in [7, 11) is 0. The molecule has 2 atom stereocenters. The molecule has 2 aliphatic rings. The molecule has 124 valence electrons. The van der Waals surface area contributed by atoms with E-state index in [4.69, 9.17) is 16.3 Å². The van der Waals surface area contributed by atoms with Crippen molar-refractivity contribution in [3.63, 3.8) is 0 Å². The molecule has 1 saturated heterocycles. The Labute approximate surface area is 146 Å². The minimum atomic E-state index is -0.728. The van der Waals surface area contributed by atoms with E-state index in [0.717, 1.165) is 28.1 Å². The summed E-state index contributed by atoms with van der Waals surface area (Å²) in [6.45, 7) is 6.03. The van der Waals surface area contributed by atoms with Crippen LogP contribution in [0.15, 0.2) is 36.4 Å². The normalized spacial score (nSPS) is 24.9. The van der Waals surface area contributed by atoms with Crippen molar-refractivity contribution in [1.29, 1.82) is 0 Å². The third-order valence-corrected chi connectivity index (χ3v) is 4.93. The molecule has 0 saturated carbocycles. The zero-order valence-corrected chi connectivity index (χ0v) is 14.6. The molecule has 2 aliphatic heterocycles. The van der Waals surface area contributed by atoms with Gasteiger partial charge in [-0.05, 0) is 62.2 Å². The van der Waals surface area contributed by atoms with E-state index in [1.54, 1.807) is 4.90 Å². The third kappa shape index (κ3) is 2.33. The Balaban J connectivity index is 1.82. The number of benzene rings is 2. The van der Waals surface area contributed by atoms with Gasteiger partial charge in [0, 0.05) is 22.7 Å². The van der Waals surface area contributed by atoms with Crippen molar-refractivity contribution >= 4 is 23.3 Å². The molecule has 2 amide bonds. The van der Waals surface area contributed by atoms with Gasteiger partial charge in [-0.1, -0.05) is 17.7 Å². The van der Waals surface area contributed by atoms with Crippen LogP contribution in [-0.2, 0) is 0 Å². The van der Waals surface area contributed by atoms with E-state index in [2.05, 4.69) is 11.4 Å². The second-order valence-electron chi connectivity index (χ2n) is 6.85. The van der Waals surface area contributed by atoms with Crippen LogP contribution in [-0.4, -0.2) is 11.8 Å². The number of anilines is 1. The Hall–Kier alpha value is -2.20. The molecule has 0 spiro atoms. The first-order valence-electron chi connectivity index (χ1n) is 8.03. The van der Waals surface area contributed by atoms with E-state index >= 15 is 0 Å². The standard InChI is InChI=1S/C19H19ClN2O2/c1-11-6-12(2)8-14(7-11)22-18(23)21-16-10-19(22,3)24-17-5-4-13(20)9-15(16)17/h4-9,16H,10H2,1-3H3,(H,21,23)/t16-,19+/m1/s1. The smallest absolute Gasteiger partial charge is 0.325 e. The molecule has 0 aliphatic carbocycles. The fourth-order valence-electron chi connectivity index (χ4n) is 3.82. The van der Waals surface area contributed by atoms with Crippen molar-refractivity contribution in [2.24, 2.45) is 0 Å². The van der Waals surface area contributed by atoms with Gasteiger partial charge in [-0.15, -0.1) is 0 Å². The number of amides is 2. The number of hydrogen-bond donors (Lipinski definition) is 1. The zero-order valence-electron chi connectivity index (χ0n) is 13.9. The van der Waals surface area contributed by atoms with Gasteiger partial charge in [0.2, 0.25) is 0 Å². The van der Waals surface area contributed by atoms with Gasteiger partial charge in [-0.2, -0.15) is 0 Å². The lowest BCUT2D eigenvalue weighted by Gasteiger charge is -2.50. The summed E-state index contributed by atoms with van der Waals surface area (Å²) in [5.41, 5.74) is 3.29. The van der Waals surface area contributed by atoms with Crippen LogP contribution in [0.1, 0.15) is 36.1 Å². The van der Waals surface area contributed by atoms with Gasteiger partial charge >= 0.3 is 6.03 Å². The molecule has 0 radical (unpaired) electrons. The first kappa shape index (κ1) is 15.3. The average Bonchev–Trinajstić information content (AvgIpc) is 2.46. The predicted octanol–water partition coefficient (Wildman–Crippen LogP) is 4.73. The second-order valence-corrected chi connectivity index (χ2v) is 7.28. The van der Waals surface area contributed by atoms with Crippen LogP contribution in [0.5, 0.6) is 5.75 Å². The molecule has 5 heteroatoms. The van der Waals surface area contributed by atoms with Gasteiger partial charge in [-0.3, -0.25) is 4.90 Å². The van der Waals surface area contributed by atoms with Crippen molar-refractivity contribution < 1.29 is 9.53 Å². The minimum absolute atomic E-state index is 0.0906. The number of rotatable bonds is 1. The highest BCUT2D eigenvalue weighted by Crippen LogP contribution is 2.46. The average molecular weight is 343 g/mol. The Morgan fingerprint density at radius 3 is 2.62 bits per heavy atom. The van der Waals surface area contributed by atoms with Crippen LogP contribution >= 0.6 is 11.6 Å². The van der Waals surface area contributed by atoms with Crippen molar-refractivity contribution in [1.82, 2.24) is 5.32 Å². The van der Waals surface area contributed by atoms with Crippen LogP contribution in [0.25, 0.3) is 0 Å². The Kier molecular flexibility index (Phi) is 3.29. The molecular weight excluding hydrogens is 324 g/mol. The van der Waals surface area contributed by atoms with E-state index in [-0.39, 0.29) is 12.1 Å². The highest BCUT2D eigenvalue weighted by atomic mass is 35.5. The highest BCUT2D eigenvalue weighted by molar-refractivity contribution is 6.30. The summed E-state index contributed by atoms with van der Waals surface area (Å²) in [5.74, 6) is 0.771. The molecule has 0 unspecified atom stereocenters. The summed E-state index contributed by atoms with van der Waals surface area (Å²) in [6, 6.07) is 11.4. The molecule has 4 nitrogen and oxygen atoms in total. The maximum absolute atomic E-state index is 12.8. The van der Waals surface area contributed by atoms with Crippen LogP contribution in [0.2, 0.25) is 5.02 Å². The Morgan fingerprint density at radius 2 is 1.92 bits per heavy atom. The number of aryl methyl sites for hydroxylation is 2. The van der Waals surface area contributed by atoms with E-state index in [1.807, 2.05) is 51.1 Å². The van der Waals surface area contributed by atoms with Crippen molar-refractivity contribution in [2.45, 2.75) is 39.0 Å². The molecule has 4 rings (SSSR count). The molecular formula is C19H19ClN2O2. The number of carbonyl (C=O) groups is 1. The number of nitrogens with one attached hydrogen (secondary N) is 1. The lowest BCUT2D eigenvalue weighted by atomic mass is 9.90. The van der Waals surface area contributed by atoms with Crippen molar-refractivity contribution in [2.75, 3.05) is 4.90 Å². The lowest BCUT2D eigenvalue weighted by molar-refractivity contribution is 0.0379. The van der Waals surface area contributed by atoms with Gasteiger partial charge in [0.25, 0.3) is 0 Å². The molecule has 2 heterocycles. The van der Waals surface area contributed by atoms with Crippen LogP contribution in [0.4, 0.5) is 10.5 Å². The van der Waals surface area contributed by atoms with Crippen LogP contribution in [0, 0.1) is 13.8 Å². The molecule has 0 aromatic heterocycles. The monoisotopic (exact) mass is 342 g/mol. The van der Waals surface area contributed by atoms with Gasteiger partial charge in [-0.25, -0.2) is 4.79 Å². The summed E-state index contributed by atoms with van der Waals surface area (Å²) in [5, 5.41) is 3.74. The number of halogens is 1. The fourth-order valence-corrected chi connectivity index (χ4v) is 4.00. The number of hydrogen-bond acceptors (Lipinski definition) is 2. The fraction of sp³-hybridized carbons (Fsp3) is 0.316. The third-order valence-electron chi connectivity index (χ3n) is 4.70. The topological polar surface area (TPSA) is 41.6 Å². The number of carbonyl (C=O) groups excluding carboxylic acids is 1. The first-order valence-corrected chi connectivity index (χ1v) is 8.41. The van der Waals surface area contributed by atoms with Crippen molar-refractivity contribution in [3.05, 3.63) is 58.1 Å². The maximum atomic E-state index is 12.8. The van der Waals surface area contributed by atoms with E-state index in [1.165, 1.54) is 0 Å². The van der Waals surface area contributed by atoms with Crippen LogP contribution < -0.4 is 15.0 Å². The molecule has 1 N–H and O–H groups in total. The Morgan fingerprint density at radius 1 is 1.21 bits per heavy atom. The maximum Gasteiger partial charge on any atom is 0.325 e. The van der Waals surface area contributed by atoms with Gasteiger partial charge in [0.1, 0.15) is 5.75 Å². The van der Waals surface area contributed by atoms with Gasteiger partial charge < -0.3 is 10.1 Å². The van der Waals surface area contributed by atoms with E-state index < -0.39 is 5.72 Å². The zero-order chi connectivity index (χ0) is 17.1. The number of nitrogens with zero attached hydrogens (tertiary/aromatic N) is 1. The Bertz CT molecular complexity index is 831. The number of urea groups is 1. The molecule has 24 heavy (non-hydrogen) atoms. The molecule has 2 aromatic carbocycles. The summed E-state index contributed by atoms with van der Waals surface area (Å²) >= 11 is 6.11. The summed E-state index contributed by atoms with van der Waals surface area (Å²) < 4.78 is 6.27. The van der Waals surface area contributed by atoms with E-state index in [0.29, 0.717) is 11.4 Å². The highest BCUT2D eigenvalue weighted by Gasteiger charge is 2.49. The number of fused-ring (bicyclic) bond motifs is 4. The first-order chi connectivity index (χ1) is 11.4. The van der Waals surface area contributed by atoms with Crippen molar-refractivity contribution in [3.8, 4) is 5.75 Å². The van der Waals surface area contributed by atoms with Gasteiger partial charge in [0.05, 0.1) is 6.04 Å². The summed E-state index contributed by atoms with van der Waals surface area (Å²) in [4.78, 5) is 14.6. The largest absolute Gasteiger partial charge is 0.467 e. The molecule has 2 aromatic rings. The quantitative estimate of drug-likeness (QED) is 0.814. The predicted molar refractivity (Wildman–Crippen MR) is 94.8 cm³/mol. The van der Waals surface area contributed by atoms with E-state index in [9.17, 15) is 4.79 Å². The minimum Gasteiger partial charge on any atom is -0.467 e. The lowest BCUT2D eigenvalue weighted by Crippen LogP contribution is -2.65. The van der Waals surface area contributed by atoms with Gasteiger partial charge in [0.15, 0.2) is 5.72 Å².